The summed E-state index contributed by atoms with van der Waals surface area (Å²) >= 11 is 0. The first kappa shape index (κ1) is 30.0. The maximum Gasteiger partial charge on any atom is 0.143 e. The van der Waals surface area contributed by atoms with Gasteiger partial charge in [-0.25, -0.2) is 0 Å². The van der Waals surface area contributed by atoms with Crippen molar-refractivity contribution in [3.05, 3.63) is 200 Å². The maximum absolute atomic E-state index is 6.76. The molecule has 10 aromatic rings. The van der Waals surface area contributed by atoms with Crippen molar-refractivity contribution in [2.45, 2.75) is 0 Å². The Morgan fingerprint density at radius 2 is 0.885 bits per heavy atom. The van der Waals surface area contributed by atoms with Gasteiger partial charge >= 0.3 is 0 Å². The van der Waals surface area contributed by atoms with Crippen molar-refractivity contribution >= 4 is 60.5 Å². The van der Waals surface area contributed by atoms with E-state index in [4.69, 9.17) is 4.42 Å². The molecule has 0 fully saturated rings. The van der Waals surface area contributed by atoms with Crippen LogP contribution in [0.1, 0.15) is 0 Å². The minimum Gasteiger partial charge on any atom is -0.455 e. The van der Waals surface area contributed by atoms with Crippen LogP contribution in [0.5, 0.6) is 0 Å². The number of furan rings is 1. The highest BCUT2D eigenvalue weighted by Crippen LogP contribution is 2.44. The number of benzene rings is 9. The quantitative estimate of drug-likeness (QED) is 0.176. The van der Waals surface area contributed by atoms with Gasteiger partial charge in [0.15, 0.2) is 0 Å². The number of anilines is 3. The fourth-order valence-corrected chi connectivity index (χ4v) is 7.78. The monoisotopic (exact) mass is 663 g/mol. The van der Waals surface area contributed by atoms with Crippen LogP contribution in [0.25, 0.3) is 76.9 Å². The third-order valence-corrected chi connectivity index (χ3v) is 10.2. The minimum absolute atomic E-state index is 0.921. The molecular weight excluding hydrogens is 631 g/mol. The number of hydrogen-bond donors (Lipinski definition) is 0. The number of para-hydroxylation sites is 1. The van der Waals surface area contributed by atoms with Gasteiger partial charge in [0.1, 0.15) is 11.2 Å². The van der Waals surface area contributed by atoms with Crippen molar-refractivity contribution in [2.75, 3.05) is 4.90 Å². The Labute approximate surface area is 302 Å². The number of nitrogens with zero attached hydrogens (tertiary/aromatic N) is 1. The van der Waals surface area contributed by atoms with E-state index >= 15 is 0 Å². The molecule has 0 radical (unpaired) electrons. The third kappa shape index (κ3) is 5.04. The number of fused-ring (bicyclic) bond motifs is 6. The zero-order valence-corrected chi connectivity index (χ0v) is 28.4. The third-order valence-electron chi connectivity index (χ3n) is 10.2. The van der Waals surface area contributed by atoms with Crippen LogP contribution in [0.15, 0.2) is 205 Å². The van der Waals surface area contributed by atoms with Gasteiger partial charge < -0.3 is 9.32 Å². The average Bonchev–Trinajstić information content (AvgIpc) is 3.61. The summed E-state index contributed by atoms with van der Waals surface area (Å²) in [6.45, 7) is 0. The normalized spacial score (nSPS) is 11.5. The predicted octanol–water partition coefficient (Wildman–Crippen LogP) is 14.4. The summed E-state index contributed by atoms with van der Waals surface area (Å²) in [5, 5.41) is 6.95. The van der Waals surface area contributed by atoms with E-state index < -0.39 is 0 Å². The molecule has 52 heavy (non-hydrogen) atoms. The van der Waals surface area contributed by atoms with Gasteiger partial charge in [0.2, 0.25) is 0 Å². The van der Waals surface area contributed by atoms with Crippen molar-refractivity contribution in [2.24, 2.45) is 0 Å². The molecule has 0 unspecified atom stereocenters. The maximum atomic E-state index is 6.76. The molecule has 0 bridgehead atoms. The molecule has 2 nitrogen and oxygen atoms in total. The van der Waals surface area contributed by atoms with Gasteiger partial charge in [0.25, 0.3) is 0 Å². The fraction of sp³-hybridized carbons (Fsp3) is 0. The largest absolute Gasteiger partial charge is 0.455 e. The summed E-state index contributed by atoms with van der Waals surface area (Å²) in [4.78, 5) is 2.38. The van der Waals surface area contributed by atoms with Crippen LogP contribution in [0, 0.1) is 0 Å². The summed E-state index contributed by atoms with van der Waals surface area (Å²) in [6, 6.07) is 71.6. The first-order valence-corrected chi connectivity index (χ1v) is 17.8. The molecule has 0 N–H and O–H groups in total. The molecule has 2 heteroatoms. The second kappa shape index (κ2) is 12.5. The second-order valence-electron chi connectivity index (χ2n) is 13.3. The van der Waals surface area contributed by atoms with Crippen molar-refractivity contribution in [1.29, 1.82) is 0 Å². The van der Waals surface area contributed by atoms with Crippen LogP contribution in [0.3, 0.4) is 0 Å². The molecule has 9 aromatic carbocycles. The van der Waals surface area contributed by atoms with Crippen LogP contribution < -0.4 is 4.90 Å². The standard InChI is InChI=1S/C50H33NO/c1-3-14-34(15-4-1)38-20-11-21-40(32-38)51(48-27-12-19-35-18-7-8-22-41(35)48)39-30-28-37(29-31-39)46-33-47-45-26-13-25-42(36-16-5-2-6-17-36)49(45)52-50(47)44-24-10-9-23-43(44)46/h1-33H. The smallest absolute Gasteiger partial charge is 0.143 e. The Balaban J connectivity index is 1.14. The summed E-state index contributed by atoms with van der Waals surface area (Å²) in [5.41, 5.74) is 12.2. The van der Waals surface area contributed by atoms with Gasteiger partial charge in [-0.2, -0.15) is 0 Å². The molecule has 10 rings (SSSR count). The van der Waals surface area contributed by atoms with E-state index in [2.05, 4.69) is 205 Å². The van der Waals surface area contributed by atoms with Crippen LogP contribution in [0.2, 0.25) is 0 Å². The molecule has 0 aliphatic rings. The van der Waals surface area contributed by atoms with Crippen molar-refractivity contribution < 1.29 is 4.42 Å². The number of rotatable bonds is 6. The van der Waals surface area contributed by atoms with Crippen LogP contribution in [-0.4, -0.2) is 0 Å². The van der Waals surface area contributed by atoms with Gasteiger partial charge in [0, 0.05) is 38.5 Å². The summed E-state index contributed by atoms with van der Waals surface area (Å²) in [7, 11) is 0. The lowest BCUT2D eigenvalue weighted by atomic mass is 9.94. The van der Waals surface area contributed by atoms with E-state index in [-0.39, 0.29) is 0 Å². The zero-order chi connectivity index (χ0) is 34.4. The lowest BCUT2D eigenvalue weighted by Crippen LogP contribution is -2.10. The average molecular weight is 664 g/mol. The first-order chi connectivity index (χ1) is 25.8. The Bertz CT molecular complexity index is 2880. The zero-order valence-electron chi connectivity index (χ0n) is 28.4. The summed E-state index contributed by atoms with van der Waals surface area (Å²) in [6.07, 6.45) is 0. The lowest BCUT2D eigenvalue weighted by molar-refractivity contribution is 0.674. The lowest BCUT2D eigenvalue weighted by Gasteiger charge is -2.27. The number of hydrogen-bond acceptors (Lipinski definition) is 2. The Morgan fingerprint density at radius 1 is 0.308 bits per heavy atom. The van der Waals surface area contributed by atoms with E-state index in [1.54, 1.807) is 0 Å². The van der Waals surface area contributed by atoms with E-state index in [9.17, 15) is 0 Å². The summed E-state index contributed by atoms with van der Waals surface area (Å²) in [5.74, 6) is 0. The molecule has 244 valence electrons. The predicted molar refractivity (Wildman–Crippen MR) is 220 cm³/mol. The summed E-state index contributed by atoms with van der Waals surface area (Å²) < 4.78 is 6.76. The SMILES string of the molecule is c1ccc(-c2cccc(N(c3ccc(-c4cc5c6cccc(-c7ccccc7)c6oc5c5ccccc45)cc3)c3cccc4ccccc34)c2)cc1. The van der Waals surface area contributed by atoms with Crippen LogP contribution in [-0.2, 0) is 0 Å². The molecule has 1 heterocycles. The van der Waals surface area contributed by atoms with Gasteiger partial charge in [-0.1, -0.05) is 164 Å². The van der Waals surface area contributed by atoms with Crippen molar-refractivity contribution in [3.8, 4) is 33.4 Å². The molecule has 0 saturated heterocycles. The highest BCUT2D eigenvalue weighted by atomic mass is 16.3. The fourth-order valence-electron chi connectivity index (χ4n) is 7.78. The van der Waals surface area contributed by atoms with E-state index in [1.165, 1.54) is 32.8 Å². The highest BCUT2D eigenvalue weighted by Gasteiger charge is 2.19. The Kier molecular flexibility index (Phi) is 7.18. The van der Waals surface area contributed by atoms with E-state index in [0.29, 0.717) is 0 Å². The van der Waals surface area contributed by atoms with Gasteiger partial charge in [0.05, 0.1) is 5.69 Å². The van der Waals surface area contributed by atoms with Crippen molar-refractivity contribution in [1.82, 2.24) is 0 Å². The second-order valence-corrected chi connectivity index (χ2v) is 13.3. The van der Waals surface area contributed by atoms with E-state index in [0.717, 1.165) is 61.1 Å². The molecule has 0 amide bonds. The minimum atomic E-state index is 0.921. The molecule has 0 aliphatic heterocycles. The molecular formula is C50H33NO. The molecule has 0 aliphatic carbocycles. The molecule has 1 aromatic heterocycles. The Morgan fingerprint density at radius 3 is 1.69 bits per heavy atom. The Hall–Kier alpha value is -6.90. The molecule has 0 spiro atoms. The van der Waals surface area contributed by atoms with E-state index in [1.807, 2.05) is 0 Å². The molecule has 0 saturated carbocycles. The van der Waals surface area contributed by atoms with Gasteiger partial charge in [-0.05, 0) is 75.0 Å². The topological polar surface area (TPSA) is 16.4 Å². The van der Waals surface area contributed by atoms with Crippen LogP contribution in [0.4, 0.5) is 17.1 Å². The highest BCUT2D eigenvalue weighted by molar-refractivity contribution is 6.20. The van der Waals surface area contributed by atoms with Crippen molar-refractivity contribution in [3.63, 3.8) is 0 Å². The van der Waals surface area contributed by atoms with Crippen LogP contribution >= 0.6 is 0 Å². The van der Waals surface area contributed by atoms with Gasteiger partial charge in [-0.15, -0.1) is 0 Å². The first-order valence-electron chi connectivity index (χ1n) is 17.8. The van der Waals surface area contributed by atoms with Gasteiger partial charge in [-0.3, -0.25) is 0 Å². The molecule has 0 atom stereocenters.